The number of hydrogen-bond acceptors (Lipinski definition) is 0. The molecule has 0 saturated heterocycles. The second-order valence-electron chi connectivity index (χ2n) is 3.73. The maximum absolute atomic E-state index is 2.40. The van der Waals surface area contributed by atoms with Gasteiger partial charge in [0.15, 0.2) is 0 Å². The summed E-state index contributed by atoms with van der Waals surface area (Å²) in [6, 6.07) is 0. The van der Waals surface area contributed by atoms with Gasteiger partial charge in [-0.25, -0.2) is 0 Å². The lowest BCUT2D eigenvalue weighted by Crippen LogP contribution is -2.23. The van der Waals surface area contributed by atoms with Crippen molar-refractivity contribution >= 4 is 0 Å². The van der Waals surface area contributed by atoms with E-state index in [4.69, 9.17) is 0 Å². The predicted molar refractivity (Wildman–Crippen MR) is 34.5 cm³/mol. The SMILES string of the molecule is CC1C(C)C2C(C)C12. The molecule has 0 nitrogen and oxygen atoms in total. The molecule has 4 unspecified atom stereocenters. The summed E-state index contributed by atoms with van der Waals surface area (Å²) in [4.78, 5) is 0. The minimum absolute atomic E-state index is 1.05. The fraction of sp³-hybridized carbons (Fsp3) is 1.00. The van der Waals surface area contributed by atoms with E-state index < -0.39 is 0 Å². The lowest BCUT2D eigenvalue weighted by Gasteiger charge is -2.28. The average Bonchev–Trinajstić information content (AvgIpc) is 2.37. The van der Waals surface area contributed by atoms with Crippen LogP contribution in [0.25, 0.3) is 0 Å². The lowest BCUT2D eigenvalue weighted by atomic mass is 9.77. The molecule has 2 aliphatic rings. The van der Waals surface area contributed by atoms with E-state index in [-0.39, 0.29) is 0 Å². The van der Waals surface area contributed by atoms with Crippen molar-refractivity contribution in [3.05, 3.63) is 0 Å². The molecule has 0 heteroatoms. The molecule has 0 aromatic rings. The molecule has 8 heavy (non-hydrogen) atoms. The van der Waals surface area contributed by atoms with Gasteiger partial charge in [-0.15, -0.1) is 0 Å². The van der Waals surface area contributed by atoms with Crippen LogP contribution in [0.4, 0.5) is 0 Å². The van der Waals surface area contributed by atoms with E-state index in [1.807, 2.05) is 0 Å². The van der Waals surface area contributed by atoms with Crippen LogP contribution in [-0.4, -0.2) is 0 Å². The van der Waals surface area contributed by atoms with Crippen molar-refractivity contribution in [3.8, 4) is 0 Å². The predicted octanol–water partition coefficient (Wildman–Crippen LogP) is 2.15. The summed E-state index contributed by atoms with van der Waals surface area (Å²) in [6.07, 6.45) is 0. The molecule has 2 saturated carbocycles. The molecular formula is C8H14. The molecule has 0 amide bonds. The first kappa shape index (κ1) is 4.84. The first-order valence-corrected chi connectivity index (χ1v) is 3.73. The van der Waals surface area contributed by atoms with E-state index in [0.717, 1.165) is 29.6 Å². The molecule has 46 valence electrons. The molecule has 0 spiro atoms. The van der Waals surface area contributed by atoms with Crippen molar-refractivity contribution in [1.29, 1.82) is 0 Å². The molecule has 0 heterocycles. The van der Waals surface area contributed by atoms with Gasteiger partial charge in [-0.2, -0.15) is 0 Å². The van der Waals surface area contributed by atoms with Gasteiger partial charge in [-0.1, -0.05) is 20.8 Å². The minimum Gasteiger partial charge on any atom is -0.0620 e. The van der Waals surface area contributed by atoms with E-state index in [0.29, 0.717) is 0 Å². The van der Waals surface area contributed by atoms with Crippen LogP contribution in [0, 0.1) is 29.6 Å². The summed E-state index contributed by atoms with van der Waals surface area (Å²) < 4.78 is 0. The summed E-state index contributed by atoms with van der Waals surface area (Å²) in [6.45, 7) is 7.19. The summed E-state index contributed by atoms with van der Waals surface area (Å²) in [5, 5.41) is 0. The second kappa shape index (κ2) is 1.12. The summed E-state index contributed by atoms with van der Waals surface area (Å²) in [5.41, 5.74) is 0. The minimum atomic E-state index is 1.05. The maximum atomic E-state index is 2.40. The summed E-state index contributed by atoms with van der Waals surface area (Å²) in [5.74, 6) is 5.47. The van der Waals surface area contributed by atoms with E-state index >= 15 is 0 Å². The Labute approximate surface area is 51.3 Å². The molecule has 0 bridgehead atoms. The maximum Gasteiger partial charge on any atom is -0.0323 e. The Morgan fingerprint density at radius 3 is 1.12 bits per heavy atom. The normalized spacial score (nSPS) is 68.6. The van der Waals surface area contributed by atoms with Gasteiger partial charge in [0.25, 0.3) is 0 Å². The molecule has 0 N–H and O–H groups in total. The molecular weight excluding hydrogens is 96.1 g/mol. The van der Waals surface area contributed by atoms with Crippen LogP contribution in [0.2, 0.25) is 0 Å². The van der Waals surface area contributed by atoms with Crippen molar-refractivity contribution in [2.24, 2.45) is 29.6 Å². The third-order valence-corrected chi connectivity index (χ3v) is 3.56. The fourth-order valence-electron chi connectivity index (χ4n) is 2.74. The molecule has 2 aliphatic carbocycles. The Morgan fingerprint density at radius 2 is 1.00 bits per heavy atom. The quantitative estimate of drug-likeness (QED) is 0.448. The summed E-state index contributed by atoms with van der Waals surface area (Å²) in [7, 11) is 0. The highest BCUT2D eigenvalue weighted by Crippen LogP contribution is 2.67. The molecule has 2 rings (SSSR count). The van der Waals surface area contributed by atoms with Crippen molar-refractivity contribution in [2.45, 2.75) is 20.8 Å². The Hall–Kier alpha value is 0. The zero-order valence-corrected chi connectivity index (χ0v) is 5.89. The van der Waals surface area contributed by atoms with Crippen LogP contribution in [0.5, 0.6) is 0 Å². The highest BCUT2D eigenvalue weighted by atomic mass is 14.7. The van der Waals surface area contributed by atoms with Crippen LogP contribution in [0.3, 0.4) is 0 Å². The van der Waals surface area contributed by atoms with Gasteiger partial charge in [0, 0.05) is 0 Å². The van der Waals surface area contributed by atoms with Crippen LogP contribution >= 0.6 is 0 Å². The molecule has 0 aromatic heterocycles. The van der Waals surface area contributed by atoms with Crippen LogP contribution < -0.4 is 0 Å². The fourth-order valence-corrected chi connectivity index (χ4v) is 2.74. The van der Waals surface area contributed by atoms with E-state index in [1.165, 1.54) is 0 Å². The number of rotatable bonds is 0. The van der Waals surface area contributed by atoms with Crippen LogP contribution in [0.15, 0.2) is 0 Å². The van der Waals surface area contributed by atoms with Gasteiger partial charge in [-0.3, -0.25) is 0 Å². The zero-order chi connectivity index (χ0) is 5.89. The molecule has 4 atom stereocenters. The third kappa shape index (κ3) is 0.310. The lowest BCUT2D eigenvalue weighted by molar-refractivity contribution is 0.195. The topological polar surface area (TPSA) is 0 Å². The first-order valence-electron chi connectivity index (χ1n) is 3.73. The largest absolute Gasteiger partial charge is 0.0620 e. The standard InChI is InChI=1S/C8H14/c1-4-5(2)8-6(3)7(4)8/h4-8H,1-3H3. The molecule has 0 radical (unpaired) electrons. The van der Waals surface area contributed by atoms with Crippen LogP contribution in [-0.2, 0) is 0 Å². The van der Waals surface area contributed by atoms with Crippen molar-refractivity contribution in [2.75, 3.05) is 0 Å². The monoisotopic (exact) mass is 110 g/mol. The molecule has 0 aromatic carbocycles. The Morgan fingerprint density at radius 1 is 0.625 bits per heavy atom. The van der Waals surface area contributed by atoms with Gasteiger partial charge in [0.1, 0.15) is 0 Å². The van der Waals surface area contributed by atoms with Gasteiger partial charge in [-0.05, 0) is 29.6 Å². The van der Waals surface area contributed by atoms with E-state index in [1.54, 1.807) is 0 Å². The number of hydrogen-bond donors (Lipinski definition) is 0. The molecule has 0 aliphatic heterocycles. The smallest absolute Gasteiger partial charge is 0.0323 e. The number of fused-ring (bicyclic) bond motifs is 1. The van der Waals surface area contributed by atoms with Gasteiger partial charge >= 0.3 is 0 Å². The summed E-state index contributed by atoms with van der Waals surface area (Å²) >= 11 is 0. The second-order valence-corrected chi connectivity index (χ2v) is 3.73. The molecule has 2 fully saturated rings. The third-order valence-electron chi connectivity index (χ3n) is 3.56. The first-order chi connectivity index (χ1) is 3.73. The van der Waals surface area contributed by atoms with Gasteiger partial charge < -0.3 is 0 Å². The van der Waals surface area contributed by atoms with E-state index in [9.17, 15) is 0 Å². The zero-order valence-electron chi connectivity index (χ0n) is 5.89. The van der Waals surface area contributed by atoms with Crippen molar-refractivity contribution < 1.29 is 0 Å². The average molecular weight is 110 g/mol. The van der Waals surface area contributed by atoms with Gasteiger partial charge in [0.05, 0.1) is 0 Å². The Balaban J connectivity index is 2.08. The Bertz CT molecular complexity index is 91.2. The van der Waals surface area contributed by atoms with Crippen molar-refractivity contribution in [3.63, 3.8) is 0 Å². The van der Waals surface area contributed by atoms with Gasteiger partial charge in [0.2, 0.25) is 0 Å². The highest BCUT2D eigenvalue weighted by molar-refractivity contribution is 5.10. The van der Waals surface area contributed by atoms with Crippen LogP contribution in [0.1, 0.15) is 20.8 Å². The Kier molecular flexibility index (Phi) is 0.678. The highest BCUT2D eigenvalue weighted by Gasteiger charge is 2.62. The van der Waals surface area contributed by atoms with E-state index in [2.05, 4.69) is 20.8 Å². The van der Waals surface area contributed by atoms with Crippen molar-refractivity contribution in [1.82, 2.24) is 0 Å².